The van der Waals surface area contributed by atoms with Crippen molar-refractivity contribution in [3.8, 4) is 0 Å². The molecule has 25 heavy (non-hydrogen) atoms. The van der Waals surface area contributed by atoms with E-state index in [0.29, 0.717) is 18.8 Å². The second-order valence-electron chi connectivity index (χ2n) is 6.56. The molecule has 1 aliphatic carbocycles. The molecule has 8 nitrogen and oxygen atoms in total. The minimum atomic E-state index is -0.935. The van der Waals surface area contributed by atoms with Gasteiger partial charge >= 0.3 is 6.03 Å². The zero-order valence-electron chi connectivity index (χ0n) is 14.1. The molecule has 0 bridgehead atoms. The third-order valence-electron chi connectivity index (χ3n) is 5.05. The van der Waals surface area contributed by atoms with Crippen LogP contribution in [0.1, 0.15) is 43.1 Å². The van der Waals surface area contributed by atoms with E-state index in [-0.39, 0.29) is 18.5 Å². The Hall–Kier alpha value is -2.77. The molecule has 4 rings (SSSR count). The molecule has 1 aliphatic heterocycles. The van der Waals surface area contributed by atoms with Gasteiger partial charge in [-0.1, -0.05) is 37.6 Å². The molecule has 1 unspecified atom stereocenters. The second-order valence-corrected chi connectivity index (χ2v) is 6.56. The van der Waals surface area contributed by atoms with Crippen molar-refractivity contribution in [2.24, 2.45) is 0 Å². The molecular weight excluding hydrogens is 320 g/mol. The average molecular weight is 340 g/mol. The minimum Gasteiger partial charge on any atom is -0.319 e. The fraction of sp³-hybridized carbons (Fsp3) is 0.471. The smallest absolute Gasteiger partial charge is 0.319 e. The summed E-state index contributed by atoms with van der Waals surface area (Å²) in [4.78, 5) is 26.9. The van der Waals surface area contributed by atoms with Gasteiger partial charge in [0.1, 0.15) is 5.54 Å². The SMILES string of the molecule is CCCCn1nnnc1CN1C(=O)NC2(CCc3ccccc32)C1=O. The summed E-state index contributed by atoms with van der Waals surface area (Å²) in [5.41, 5.74) is 1.09. The van der Waals surface area contributed by atoms with Crippen LogP contribution in [0.15, 0.2) is 24.3 Å². The lowest BCUT2D eigenvalue weighted by atomic mass is 9.92. The highest BCUT2D eigenvalue weighted by Gasteiger charge is 2.55. The number of hydrogen-bond acceptors (Lipinski definition) is 5. The highest BCUT2D eigenvalue weighted by molar-refractivity contribution is 6.08. The van der Waals surface area contributed by atoms with E-state index >= 15 is 0 Å². The summed E-state index contributed by atoms with van der Waals surface area (Å²) in [6.07, 6.45) is 3.33. The Morgan fingerprint density at radius 1 is 1.28 bits per heavy atom. The van der Waals surface area contributed by atoms with Crippen molar-refractivity contribution in [3.05, 3.63) is 41.2 Å². The molecule has 1 fully saturated rings. The predicted octanol–water partition coefficient (Wildman–Crippen LogP) is 1.37. The second kappa shape index (κ2) is 5.94. The van der Waals surface area contributed by atoms with Crippen LogP contribution in [0, 0.1) is 0 Å². The van der Waals surface area contributed by atoms with Gasteiger partial charge in [-0.15, -0.1) is 5.10 Å². The predicted molar refractivity (Wildman–Crippen MR) is 88.2 cm³/mol. The van der Waals surface area contributed by atoms with Gasteiger partial charge in [0.05, 0.1) is 6.54 Å². The molecule has 0 radical (unpaired) electrons. The highest BCUT2D eigenvalue weighted by atomic mass is 16.2. The van der Waals surface area contributed by atoms with Gasteiger partial charge in [-0.3, -0.25) is 9.69 Å². The lowest BCUT2D eigenvalue weighted by Gasteiger charge is -2.22. The number of hydrogen-bond donors (Lipinski definition) is 1. The van der Waals surface area contributed by atoms with Crippen LogP contribution in [0.25, 0.3) is 0 Å². The molecule has 1 N–H and O–H groups in total. The summed E-state index contributed by atoms with van der Waals surface area (Å²) in [6.45, 7) is 2.85. The van der Waals surface area contributed by atoms with Crippen LogP contribution in [-0.2, 0) is 29.8 Å². The summed E-state index contributed by atoms with van der Waals surface area (Å²) in [7, 11) is 0. The first-order valence-electron chi connectivity index (χ1n) is 8.63. The van der Waals surface area contributed by atoms with Crippen molar-refractivity contribution in [2.45, 2.75) is 51.2 Å². The first-order valence-corrected chi connectivity index (χ1v) is 8.63. The fourth-order valence-corrected chi connectivity index (χ4v) is 3.69. The fourth-order valence-electron chi connectivity index (χ4n) is 3.69. The van der Waals surface area contributed by atoms with Crippen molar-refractivity contribution in [3.63, 3.8) is 0 Å². The number of tetrazole rings is 1. The largest absolute Gasteiger partial charge is 0.325 e. The molecule has 8 heteroatoms. The normalized spacial score (nSPS) is 21.9. The summed E-state index contributed by atoms with van der Waals surface area (Å²) >= 11 is 0. The number of benzene rings is 1. The molecule has 1 aromatic heterocycles. The number of aryl methyl sites for hydroxylation is 2. The lowest BCUT2D eigenvalue weighted by molar-refractivity contribution is -0.132. The molecule has 130 valence electrons. The first kappa shape index (κ1) is 15.7. The topological polar surface area (TPSA) is 93.0 Å². The first-order chi connectivity index (χ1) is 12.2. The van der Waals surface area contributed by atoms with Crippen LogP contribution in [0.4, 0.5) is 4.79 Å². The van der Waals surface area contributed by atoms with Crippen molar-refractivity contribution in [2.75, 3.05) is 0 Å². The third kappa shape index (κ3) is 2.40. The number of unbranched alkanes of at least 4 members (excludes halogenated alkanes) is 1. The molecule has 2 heterocycles. The Morgan fingerprint density at radius 2 is 2.12 bits per heavy atom. The van der Waals surface area contributed by atoms with E-state index in [1.54, 1.807) is 4.68 Å². The van der Waals surface area contributed by atoms with E-state index in [4.69, 9.17) is 0 Å². The van der Waals surface area contributed by atoms with Gasteiger partial charge < -0.3 is 5.32 Å². The summed E-state index contributed by atoms with van der Waals surface area (Å²) in [5, 5.41) is 14.6. The van der Waals surface area contributed by atoms with E-state index in [0.717, 1.165) is 30.4 Å². The van der Waals surface area contributed by atoms with Gasteiger partial charge in [0.2, 0.25) is 0 Å². The standard InChI is InChI=1S/C17H20N6O2/c1-2-3-10-23-14(19-20-21-23)11-22-15(24)17(18-16(22)25)9-8-12-6-4-5-7-13(12)17/h4-7H,2-3,8-11H2,1H3,(H,18,25). The third-order valence-corrected chi connectivity index (χ3v) is 5.05. The van der Waals surface area contributed by atoms with Crippen LogP contribution < -0.4 is 5.32 Å². The van der Waals surface area contributed by atoms with E-state index in [2.05, 4.69) is 27.8 Å². The van der Waals surface area contributed by atoms with Crippen LogP contribution in [-0.4, -0.2) is 37.0 Å². The molecule has 1 saturated heterocycles. The summed E-state index contributed by atoms with van der Waals surface area (Å²) in [5.74, 6) is 0.313. The van der Waals surface area contributed by atoms with Gasteiger partial charge in [0.25, 0.3) is 5.91 Å². The van der Waals surface area contributed by atoms with E-state index in [9.17, 15) is 9.59 Å². The number of amides is 3. The van der Waals surface area contributed by atoms with Crippen LogP contribution in [0.2, 0.25) is 0 Å². The Bertz CT molecular complexity index is 832. The number of urea groups is 1. The number of carbonyl (C=O) groups is 2. The van der Waals surface area contributed by atoms with E-state index in [1.807, 2.05) is 24.3 Å². The van der Waals surface area contributed by atoms with Crippen LogP contribution in [0.3, 0.4) is 0 Å². The molecule has 1 atom stereocenters. The van der Waals surface area contributed by atoms with E-state index in [1.165, 1.54) is 4.90 Å². The van der Waals surface area contributed by atoms with Crippen molar-refractivity contribution < 1.29 is 9.59 Å². The van der Waals surface area contributed by atoms with Gasteiger partial charge in [0.15, 0.2) is 5.82 Å². The van der Waals surface area contributed by atoms with Gasteiger partial charge in [-0.2, -0.15) is 0 Å². The van der Waals surface area contributed by atoms with Crippen LogP contribution in [0.5, 0.6) is 0 Å². The number of nitrogens with zero attached hydrogens (tertiary/aromatic N) is 5. The molecule has 2 aliphatic rings. The monoisotopic (exact) mass is 340 g/mol. The van der Waals surface area contributed by atoms with E-state index < -0.39 is 5.54 Å². The van der Waals surface area contributed by atoms with Crippen molar-refractivity contribution >= 4 is 11.9 Å². The van der Waals surface area contributed by atoms with Crippen molar-refractivity contribution in [1.29, 1.82) is 0 Å². The maximum absolute atomic E-state index is 13.1. The zero-order chi connectivity index (χ0) is 17.4. The molecule has 1 aromatic carbocycles. The van der Waals surface area contributed by atoms with Gasteiger partial charge in [-0.25, -0.2) is 9.48 Å². The molecule has 3 amide bonds. The Kier molecular flexibility index (Phi) is 3.74. The Labute approximate surface area is 145 Å². The number of rotatable bonds is 5. The van der Waals surface area contributed by atoms with Gasteiger partial charge in [-0.05, 0) is 40.8 Å². The summed E-state index contributed by atoms with van der Waals surface area (Å²) in [6, 6.07) is 7.41. The Morgan fingerprint density at radius 3 is 2.96 bits per heavy atom. The number of carbonyl (C=O) groups excluding carboxylic acids is 2. The lowest BCUT2D eigenvalue weighted by Crippen LogP contribution is -2.41. The Balaban J connectivity index is 1.60. The number of aromatic nitrogens is 4. The number of imide groups is 1. The molecule has 1 spiro atoms. The van der Waals surface area contributed by atoms with Gasteiger partial charge in [0, 0.05) is 6.54 Å². The highest BCUT2D eigenvalue weighted by Crippen LogP contribution is 2.41. The quantitative estimate of drug-likeness (QED) is 0.830. The maximum Gasteiger partial charge on any atom is 0.325 e. The van der Waals surface area contributed by atoms with Crippen molar-refractivity contribution in [1.82, 2.24) is 30.4 Å². The molecular formula is C17H20N6O2. The number of fused-ring (bicyclic) bond motifs is 2. The summed E-state index contributed by atoms with van der Waals surface area (Å²) < 4.78 is 1.66. The average Bonchev–Trinajstić information content (AvgIpc) is 3.28. The zero-order valence-corrected chi connectivity index (χ0v) is 14.1. The molecule has 2 aromatic rings. The number of nitrogens with one attached hydrogen (secondary N) is 1. The maximum atomic E-state index is 13.1. The van der Waals surface area contributed by atoms with Crippen LogP contribution >= 0.6 is 0 Å². The minimum absolute atomic E-state index is 0.0886. The molecule has 0 saturated carbocycles.